The van der Waals surface area contributed by atoms with Gasteiger partial charge in [0, 0.05) is 17.6 Å². The van der Waals surface area contributed by atoms with Gasteiger partial charge in [-0.3, -0.25) is 0 Å². The average molecular weight is 318 g/mol. The van der Waals surface area contributed by atoms with Gasteiger partial charge in [-0.15, -0.1) is 0 Å². The number of hydrogen-bond acceptors (Lipinski definition) is 2. The van der Waals surface area contributed by atoms with Crippen molar-refractivity contribution in [1.29, 1.82) is 0 Å². The molecule has 18 heavy (non-hydrogen) atoms. The third-order valence-corrected chi connectivity index (χ3v) is 3.64. The van der Waals surface area contributed by atoms with Gasteiger partial charge < -0.3 is 10.1 Å². The maximum Gasteiger partial charge on any atom is 0.127 e. The molecule has 0 saturated heterocycles. The van der Waals surface area contributed by atoms with Crippen LogP contribution in [0, 0.1) is 5.82 Å². The molecule has 2 nitrogen and oxygen atoms in total. The summed E-state index contributed by atoms with van der Waals surface area (Å²) in [5.41, 5.74) is 0.718. The van der Waals surface area contributed by atoms with Crippen LogP contribution in [-0.4, -0.2) is 26.3 Å². The number of benzene rings is 1. The van der Waals surface area contributed by atoms with Gasteiger partial charge >= 0.3 is 0 Å². The summed E-state index contributed by atoms with van der Waals surface area (Å²) in [5.74, 6) is -0.170. The molecular formula is C14H21BrFNO. The van der Waals surface area contributed by atoms with Crippen molar-refractivity contribution in [1.82, 2.24) is 5.32 Å². The summed E-state index contributed by atoms with van der Waals surface area (Å²) in [5, 5.41) is 3.22. The molecule has 1 aromatic carbocycles. The van der Waals surface area contributed by atoms with Gasteiger partial charge in [0.2, 0.25) is 0 Å². The Bertz CT molecular complexity index is 373. The number of nitrogens with one attached hydrogen (secondary N) is 1. The van der Waals surface area contributed by atoms with Crippen molar-refractivity contribution in [2.24, 2.45) is 0 Å². The van der Waals surface area contributed by atoms with E-state index in [4.69, 9.17) is 4.74 Å². The van der Waals surface area contributed by atoms with E-state index in [0.29, 0.717) is 6.42 Å². The molecule has 0 amide bonds. The van der Waals surface area contributed by atoms with Crippen LogP contribution in [0.15, 0.2) is 22.7 Å². The Hall–Kier alpha value is -0.450. The van der Waals surface area contributed by atoms with Crippen molar-refractivity contribution in [2.45, 2.75) is 38.3 Å². The monoisotopic (exact) mass is 317 g/mol. The van der Waals surface area contributed by atoms with Crippen molar-refractivity contribution >= 4 is 15.9 Å². The van der Waals surface area contributed by atoms with E-state index in [1.54, 1.807) is 7.11 Å². The highest BCUT2D eigenvalue weighted by Gasteiger charge is 2.20. The number of likely N-dealkylation sites (N-methyl/N-ethyl adjacent to an activating group) is 1. The number of methoxy groups -OCH3 is 1. The Morgan fingerprint density at radius 2 is 2.17 bits per heavy atom. The summed E-state index contributed by atoms with van der Waals surface area (Å²) in [4.78, 5) is 0. The summed E-state index contributed by atoms with van der Waals surface area (Å²) in [6.07, 6.45) is 2.77. The van der Waals surface area contributed by atoms with E-state index >= 15 is 0 Å². The van der Waals surface area contributed by atoms with Crippen LogP contribution in [0.2, 0.25) is 0 Å². The zero-order valence-electron chi connectivity index (χ0n) is 11.2. The Morgan fingerprint density at radius 1 is 1.44 bits per heavy atom. The van der Waals surface area contributed by atoms with Crippen molar-refractivity contribution < 1.29 is 9.13 Å². The molecule has 0 aliphatic rings. The third kappa shape index (κ3) is 4.34. The van der Waals surface area contributed by atoms with Crippen molar-refractivity contribution in [3.05, 3.63) is 34.1 Å². The summed E-state index contributed by atoms with van der Waals surface area (Å²) in [6, 6.07) is 5.32. The molecule has 2 atom stereocenters. The van der Waals surface area contributed by atoms with Crippen LogP contribution < -0.4 is 5.32 Å². The third-order valence-electron chi connectivity index (χ3n) is 3.15. The van der Waals surface area contributed by atoms with Gasteiger partial charge in [0.05, 0.1) is 6.10 Å². The number of halogens is 2. The first-order chi connectivity index (χ1) is 8.62. The van der Waals surface area contributed by atoms with Gasteiger partial charge in [-0.25, -0.2) is 4.39 Å². The lowest BCUT2D eigenvalue weighted by Crippen LogP contribution is -2.40. The highest BCUT2D eigenvalue weighted by molar-refractivity contribution is 9.10. The van der Waals surface area contributed by atoms with Gasteiger partial charge in [-0.2, -0.15) is 0 Å². The van der Waals surface area contributed by atoms with E-state index in [1.165, 1.54) is 6.07 Å². The topological polar surface area (TPSA) is 21.3 Å². The molecule has 0 aliphatic heterocycles. The fourth-order valence-electron chi connectivity index (χ4n) is 2.11. The lowest BCUT2D eigenvalue weighted by molar-refractivity contribution is 0.0630. The fourth-order valence-corrected chi connectivity index (χ4v) is 2.44. The second kappa shape index (κ2) is 7.87. The summed E-state index contributed by atoms with van der Waals surface area (Å²) >= 11 is 3.27. The molecule has 0 fully saturated rings. The lowest BCUT2D eigenvalue weighted by Gasteiger charge is -2.25. The SMILES string of the molecule is CCCC(OC)C(Cc1ccc(Br)cc1F)NC. The van der Waals surface area contributed by atoms with Crippen molar-refractivity contribution in [3.8, 4) is 0 Å². The Morgan fingerprint density at radius 3 is 2.67 bits per heavy atom. The molecule has 0 aromatic heterocycles. The standard InChI is InChI=1S/C14H21BrFNO/c1-4-5-14(18-3)13(17-2)8-10-6-7-11(15)9-12(10)16/h6-7,9,13-14,17H,4-5,8H2,1-3H3. The molecule has 4 heteroatoms. The maximum atomic E-state index is 13.8. The minimum atomic E-state index is -0.170. The zero-order valence-corrected chi connectivity index (χ0v) is 12.8. The molecule has 0 spiro atoms. The van der Waals surface area contributed by atoms with Crippen molar-refractivity contribution in [2.75, 3.05) is 14.2 Å². The second-order valence-electron chi connectivity index (χ2n) is 4.40. The van der Waals surface area contributed by atoms with Gasteiger partial charge in [-0.1, -0.05) is 35.3 Å². The normalized spacial score (nSPS) is 14.5. The Kier molecular flexibility index (Phi) is 6.82. The van der Waals surface area contributed by atoms with Crippen LogP contribution >= 0.6 is 15.9 Å². The minimum Gasteiger partial charge on any atom is -0.380 e. The molecule has 1 N–H and O–H groups in total. The van der Waals surface area contributed by atoms with Gasteiger partial charge in [0.15, 0.2) is 0 Å². The molecule has 0 saturated carbocycles. The van der Waals surface area contributed by atoms with E-state index in [-0.39, 0.29) is 18.0 Å². The smallest absolute Gasteiger partial charge is 0.127 e. The van der Waals surface area contributed by atoms with E-state index < -0.39 is 0 Å². The second-order valence-corrected chi connectivity index (χ2v) is 5.31. The Labute approximate surface area is 117 Å². The van der Waals surface area contributed by atoms with Crippen LogP contribution in [0.4, 0.5) is 4.39 Å². The van der Waals surface area contributed by atoms with Crippen LogP contribution in [0.25, 0.3) is 0 Å². The maximum absolute atomic E-state index is 13.8. The zero-order chi connectivity index (χ0) is 13.5. The van der Waals surface area contributed by atoms with Gasteiger partial charge in [0.1, 0.15) is 5.82 Å². The minimum absolute atomic E-state index is 0.114. The van der Waals surface area contributed by atoms with Crippen molar-refractivity contribution in [3.63, 3.8) is 0 Å². The molecule has 0 radical (unpaired) electrons. The average Bonchev–Trinajstić information content (AvgIpc) is 2.36. The summed E-state index contributed by atoms with van der Waals surface area (Å²) in [7, 11) is 3.60. The number of hydrogen-bond donors (Lipinski definition) is 1. The quantitative estimate of drug-likeness (QED) is 0.830. The predicted molar refractivity (Wildman–Crippen MR) is 76.4 cm³/mol. The van der Waals surface area contributed by atoms with E-state index in [9.17, 15) is 4.39 Å². The van der Waals surface area contributed by atoms with Crippen LogP contribution in [-0.2, 0) is 11.2 Å². The number of rotatable bonds is 7. The first kappa shape index (κ1) is 15.6. The fraction of sp³-hybridized carbons (Fsp3) is 0.571. The molecule has 1 aromatic rings. The molecule has 2 unspecified atom stereocenters. The molecule has 0 heterocycles. The Balaban J connectivity index is 2.78. The lowest BCUT2D eigenvalue weighted by atomic mass is 9.98. The number of ether oxygens (including phenoxy) is 1. The van der Waals surface area contributed by atoms with Crippen LogP contribution in [0.1, 0.15) is 25.3 Å². The van der Waals surface area contributed by atoms with Gasteiger partial charge in [0.25, 0.3) is 0 Å². The predicted octanol–water partition coefficient (Wildman–Crippen LogP) is 3.53. The first-order valence-electron chi connectivity index (χ1n) is 6.26. The molecule has 102 valence electrons. The first-order valence-corrected chi connectivity index (χ1v) is 7.05. The highest BCUT2D eigenvalue weighted by atomic mass is 79.9. The molecular weight excluding hydrogens is 297 g/mol. The van der Waals surface area contributed by atoms with E-state index in [2.05, 4.69) is 28.2 Å². The molecule has 0 bridgehead atoms. The van der Waals surface area contributed by atoms with Crippen LogP contribution in [0.3, 0.4) is 0 Å². The molecule has 1 rings (SSSR count). The van der Waals surface area contributed by atoms with E-state index in [1.807, 2.05) is 19.2 Å². The van der Waals surface area contributed by atoms with Crippen LogP contribution in [0.5, 0.6) is 0 Å². The highest BCUT2D eigenvalue weighted by Crippen LogP contribution is 2.18. The largest absolute Gasteiger partial charge is 0.380 e. The molecule has 0 aliphatic carbocycles. The van der Waals surface area contributed by atoms with E-state index in [0.717, 1.165) is 22.9 Å². The summed E-state index contributed by atoms with van der Waals surface area (Å²) < 4.78 is 20.1. The van der Waals surface area contributed by atoms with Gasteiger partial charge in [-0.05, 0) is 37.6 Å². The summed E-state index contributed by atoms with van der Waals surface area (Å²) in [6.45, 7) is 2.12.